The van der Waals surface area contributed by atoms with Crippen molar-refractivity contribution < 1.29 is 4.74 Å². The zero-order valence-electron chi connectivity index (χ0n) is 11.6. The molecular formula is C15H19N3O. The van der Waals surface area contributed by atoms with E-state index in [0.717, 1.165) is 29.6 Å². The summed E-state index contributed by atoms with van der Waals surface area (Å²) in [7, 11) is 1.97. The lowest BCUT2D eigenvalue weighted by atomic mass is 10.3. The van der Waals surface area contributed by atoms with E-state index in [1.165, 1.54) is 0 Å². The summed E-state index contributed by atoms with van der Waals surface area (Å²) >= 11 is 0. The summed E-state index contributed by atoms with van der Waals surface area (Å²) in [6.07, 6.45) is 0. The van der Waals surface area contributed by atoms with Crippen molar-refractivity contribution in [3.05, 3.63) is 47.8 Å². The molecule has 0 unspecified atom stereocenters. The van der Waals surface area contributed by atoms with Crippen LogP contribution >= 0.6 is 0 Å². The Hall–Kier alpha value is -2.10. The third-order valence-electron chi connectivity index (χ3n) is 2.75. The first kappa shape index (κ1) is 13.3. The van der Waals surface area contributed by atoms with E-state index in [9.17, 15) is 0 Å². The second-order valence-corrected chi connectivity index (χ2v) is 4.53. The van der Waals surface area contributed by atoms with Gasteiger partial charge >= 0.3 is 0 Å². The van der Waals surface area contributed by atoms with Gasteiger partial charge in [0.05, 0.1) is 6.54 Å². The maximum Gasteiger partial charge on any atom is 0.225 e. The fraction of sp³-hybridized carbons (Fsp3) is 0.333. The molecule has 0 atom stereocenters. The van der Waals surface area contributed by atoms with Crippen LogP contribution in [-0.4, -0.2) is 30.2 Å². The number of aryl methyl sites for hydroxylation is 2. The molecule has 0 saturated carbocycles. The average Bonchev–Trinajstić information content (AvgIpc) is 2.38. The molecule has 0 saturated heterocycles. The van der Waals surface area contributed by atoms with Gasteiger partial charge in [-0.3, -0.25) is 0 Å². The van der Waals surface area contributed by atoms with Gasteiger partial charge in [0.25, 0.3) is 0 Å². The molecule has 0 spiro atoms. The van der Waals surface area contributed by atoms with Crippen LogP contribution in [0.25, 0.3) is 0 Å². The van der Waals surface area contributed by atoms with E-state index in [2.05, 4.69) is 9.97 Å². The van der Waals surface area contributed by atoms with Gasteiger partial charge in [-0.05, 0) is 32.0 Å². The van der Waals surface area contributed by atoms with Gasteiger partial charge in [-0.25, -0.2) is 9.97 Å². The van der Waals surface area contributed by atoms with Crippen molar-refractivity contribution in [3.63, 3.8) is 0 Å². The van der Waals surface area contributed by atoms with Gasteiger partial charge in [0.2, 0.25) is 5.95 Å². The number of rotatable bonds is 5. The fourth-order valence-corrected chi connectivity index (χ4v) is 1.80. The molecule has 0 bridgehead atoms. The van der Waals surface area contributed by atoms with Gasteiger partial charge in [0.1, 0.15) is 12.4 Å². The summed E-state index contributed by atoms with van der Waals surface area (Å²) in [4.78, 5) is 10.8. The minimum absolute atomic E-state index is 0.608. The van der Waals surface area contributed by atoms with Crippen molar-refractivity contribution in [1.82, 2.24) is 9.97 Å². The maximum atomic E-state index is 5.66. The lowest BCUT2D eigenvalue weighted by Gasteiger charge is -2.18. The fourth-order valence-electron chi connectivity index (χ4n) is 1.80. The minimum Gasteiger partial charge on any atom is -0.492 e. The zero-order chi connectivity index (χ0) is 13.7. The first-order valence-corrected chi connectivity index (χ1v) is 6.36. The quantitative estimate of drug-likeness (QED) is 0.825. The predicted molar refractivity (Wildman–Crippen MR) is 76.7 cm³/mol. The lowest BCUT2D eigenvalue weighted by molar-refractivity contribution is 0.325. The highest BCUT2D eigenvalue weighted by Crippen LogP contribution is 2.10. The number of nitrogens with zero attached hydrogens (tertiary/aromatic N) is 3. The summed E-state index contributed by atoms with van der Waals surface area (Å²) < 4.78 is 5.66. The Bertz CT molecular complexity index is 508. The lowest BCUT2D eigenvalue weighted by Crippen LogP contribution is -2.26. The molecule has 100 valence electrons. The summed E-state index contributed by atoms with van der Waals surface area (Å²) in [5.74, 6) is 1.63. The number of ether oxygens (including phenoxy) is 1. The van der Waals surface area contributed by atoms with Crippen molar-refractivity contribution >= 4 is 5.95 Å². The molecule has 2 aromatic rings. The Morgan fingerprint density at radius 1 is 1.05 bits per heavy atom. The van der Waals surface area contributed by atoms with Crippen LogP contribution in [0, 0.1) is 13.8 Å². The summed E-state index contributed by atoms with van der Waals surface area (Å²) in [6.45, 7) is 5.31. The summed E-state index contributed by atoms with van der Waals surface area (Å²) in [5.41, 5.74) is 1.97. The molecule has 0 N–H and O–H groups in total. The number of para-hydroxylation sites is 1. The van der Waals surface area contributed by atoms with E-state index >= 15 is 0 Å². The normalized spacial score (nSPS) is 10.3. The second kappa shape index (κ2) is 6.18. The highest BCUT2D eigenvalue weighted by atomic mass is 16.5. The van der Waals surface area contributed by atoms with Gasteiger partial charge in [-0.2, -0.15) is 0 Å². The maximum absolute atomic E-state index is 5.66. The molecule has 0 aliphatic carbocycles. The van der Waals surface area contributed by atoms with Crippen LogP contribution in [0.1, 0.15) is 11.4 Å². The molecule has 2 rings (SSSR count). The SMILES string of the molecule is Cc1cc(C)nc(N(C)CCOc2ccccc2)n1. The number of aromatic nitrogens is 2. The number of likely N-dealkylation sites (N-methyl/N-ethyl adjacent to an activating group) is 1. The van der Waals surface area contributed by atoms with Crippen LogP contribution in [-0.2, 0) is 0 Å². The Kier molecular flexibility index (Phi) is 4.34. The first-order chi connectivity index (χ1) is 9.15. The molecule has 0 amide bonds. The van der Waals surface area contributed by atoms with Gasteiger partial charge in [0, 0.05) is 18.4 Å². The van der Waals surface area contributed by atoms with E-state index in [4.69, 9.17) is 4.74 Å². The number of hydrogen-bond donors (Lipinski definition) is 0. The molecule has 1 aromatic carbocycles. The zero-order valence-corrected chi connectivity index (χ0v) is 11.6. The molecule has 0 aliphatic rings. The van der Waals surface area contributed by atoms with Crippen LogP contribution in [0.15, 0.2) is 36.4 Å². The summed E-state index contributed by atoms with van der Waals surface area (Å²) in [5, 5.41) is 0. The van der Waals surface area contributed by atoms with Gasteiger partial charge < -0.3 is 9.64 Å². The van der Waals surface area contributed by atoms with Crippen LogP contribution in [0.2, 0.25) is 0 Å². The smallest absolute Gasteiger partial charge is 0.225 e. The Labute approximate surface area is 114 Å². The highest BCUT2D eigenvalue weighted by molar-refractivity contribution is 5.30. The Morgan fingerprint density at radius 2 is 1.68 bits per heavy atom. The van der Waals surface area contributed by atoms with Crippen molar-refractivity contribution in [2.45, 2.75) is 13.8 Å². The molecule has 1 heterocycles. The monoisotopic (exact) mass is 257 g/mol. The molecule has 1 aromatic heterocycles. The number of benzene rings is 1. The predicted octanol–water partition coefficient (Wildman–Crippen LogP) is 2.61. The van der Waals surface area contributed by atoms with Gasteiger partial charge in [-0.15, -0.1) is 0 Å². The van der Waals surface area contributed by atoms with E-state index in [1.807, 2.05) is 62.2 Å². The molecule has 4 heteroatoms. The average molecular weight is 257 g/mol. The van der Waals surface area contributed by atoms with Crippen LogP contribution in [0.4, 0.5) is 5.95 Å². The third-order valence-corrected chi connectivity index (χ3v) is 2.75. The minimum atomic E-state index is 0.608. The molecule has 0 aliphatic heterocycles. The van der Waals surface area contributed by atoms with E-state index < -0.39 is 0 Å². The van der Waals surface area contributed by atoms with Gasteiger partial charge in [-0.1, -0.05) is 18.2 Å². The second-order valence-electron chi connectivity index (χ2n) is 4.53. The van der Waals surface area contributed by atoms with Crippen molar-refractivity contribution in [3.8, 4) is 5.75 Å². The van der Waals surface area contributed by atoms with Crippen molar-refractivity contribution in [2.75, 3.05) is 25.1 Å². The van der Waals surface area contributed by atoms with E-state index in [1.54, 1.807) is 0 Å². The van der Waals surface area contributed by atoms with Crippen molar-refractivity contribution in [1.29, 1.82) is 0 Å². The van der Waals surface area contributed by atoms with Crippen LogP contribution in [0.5, 0.6) is 5.75 Å². The van der Waals surface area contributed by atoms with Gasteiger partial charge in [0.15, 0.2) is 0 Å². The van der Waals surface area contributed by atoms with Crippen LogP contribution < -0.4 is 9.64 Å². The third kappa shape index (κ3) is 3.95. The Morgan fingerprint density at radius 3 is 2.32 bits per heavy atom. The molecular weight excluding hydrogens is 238 g/mol. The molecule has 0 radical (unpaired) electrons. The van der Waals surface area contributed by atoms with Crippen molar-refractivity contribution in [2.24, 2.45) is 0 Å². The van der Waals surface area contributed by atoms with E-state index in [0.29, 0.717) is 6.61 Å². The number of anilines is 1. The Balaban J connectivity index is 1.89. The number of hydrogen-bond acceptors (Lipinski definition) is 4. The molecule has 19 heavy (non-hydrogen) atoms. The highest BCUT2D eigenvalue weighted by Gasteiger charge is 2.05. The molecule has 0 fully saturated rings. The topological polar surface area (TPSA) is 38.2 Å². The standard InChI is InChI=1S/C15H19N3O/c1-12-11-13(2)17-15(16-12)18(3)9-10-19-14-7-5-4-6-8-14/h4-8,11H,9-10H2,1-3H3. The molecule has 4 nitrogen and oxygen atoms in total. The van der Waals surface area contributed by atoms with Crippen LogP contribution in [0.3, 0.4) is 0 Å². The first-order valence-electron chi connectivity index (χ1n) is 6.36. The summed E-state index contributed by atoms with van der Waals surface area (Å²) in [6, 6.07) is 11.8. The van der Waals surface area contributed by atoms with E-state index in [-0.39, 0.29) is 0 Å². The largest absolute Gasteiger partial charge is 0.492 e.